The lowest BCUT2D eigenvalue weighted by molar-refractivity contribution is -0.132. The summed E-state index contributed by atoms with van der Waals surface area (Å²) in [4.78, 5) is 13.7. The van der Waals surface area contributed by atoms with Gasteiger partial charge in [0.2, 0.25) is 5.91 Å². The SMILES string of the molecule is COc1cccc(CCN(C)C(=O)C(N)C(C)C)c1. The third-order valence-electron chi connectivity index (χ3n) is 3.25. The van der Waals surface area contributed by atoms with Crippen LogP contribution >= 0.6 is 0 Å². The molecule has 1 rings (SSSR count). The summed E-state index contributed by atoms with van der Waals surface area (Å²) in [6.45, 7) is 4.57. The first-order valence-corrected chi connectivity index (χ1v) is 6.59. The number of benzene rings is 1. The molecule has 0 radical (unpaired) electrons. The standard InChI is InChI=1S/C15H24N2O2/c1-11(2)14(16)15(18)17(3)9-8-12-6-5-7-13(10-12)19-4/h5-7,10-11,14H,8-9,16H2,1-4H3. The van der Waals surface area contributed by atoms with Crippen molar-refractivity contribution in [2.45, 2.75) is 26.3 Å². The van der Waals surface area contributed by atoms with Crippen LogP contribution in [0.4, 0.5) is 0 Å². The number of methoxy groups -OCH3 is 1. The maximum Gasteiger partial charge on any atom is 0.239 e. The van der Waals surface area contributed by atoms with E-state index in [0.717, 1.165) is 17.7 Å². The molecule has 19 heavy (non-hydrogen) atoms. The fourth-order valence-corrected chi connectivity index (χ4v) is 1.77. The molecule has 0 spiro atoms. The van der Waals surface area contributed by atoms with E-state index >= 15 is 0 Å². The molecule has 106 valence electrons. The molecule has 1 amide bonds. The molecule has 0 heterocycles. The highest BCUT2D eigenvalue weighted by Gasteiger charge is 2.20. The van der Waals surface area contributed by atoms with E-state index in [1.165, 1.54) is 0 Å². The first kappa shape index (κ1) is 15.5. The average Bonchev–Trinajstić information content (AvgIpc) is 2.43. The summed E-state index contributed by atoms with van der Waals surface area (Å²) in [5.74, 6) is 0.995. The van der Waals surface area contributed by atoms with Crippen LogP contribution in [0, 0.1) is 5.92 Å². The van der Waals surface area contributed by atoms with Crippen molar-refractivity contribution in [1.29, 1.82) is 0 Å². The van der Waals surface area contributed by atoms with Crippen LogP contribution < -0.4 is 10.5 Å². The summed E-state index contributed by atoms with van der Waals surface area (Å²) >= 11 is 0. The van der Waals surface area contributed by atoms with Gasteiger partial charge in [-0.3, -0.25) is 4.79 Å². The van der Waals surface area contributed by atoms with Gasteiger partial charge in [0.15, 0.2) is 0 Å². The van der Waals surface area contributed by atoms with Gasteiger partial charge < -0.3 is 15.4 Å². The predicted molar refractivity (Wildman–Crippen MR) is 77.1 cm³/mol. The molecule has 1 aromatic carbocycles. The molecule has 4 nitrogen and oxygen atoms in total. The van der Waals surface area contributed by atoms with Gasteiger partial charge in [-0.25, -0.2) is 0 Å². The quantitative estimate of drug-likeness (QED) is 0.850. The Balaban J connectivity index is 2.53. The van der Waals surface area contributed by atoms with Crippen LogP contribution in [0.15, 0.2) is 24.3 Å². The normalized spacial score (nSPS) is 12.3. The van der Waals surface area contributed by atoms with Crippen molar-refractivity contribution >= 4 is 5.91 Å². The summed E-state index contributed by atoms with van der Waals surface area (Å²) in [6, 6.07) is 7.46. The number of nitrogens with two attached hydrogens (primary N) is 1. The number of carbonyl (C=O) groups is 1. The molecule has 0 aliphatic carbocycles. The van der Waals surface area contributed by atoms with Crippen LogP contribution in [0.1, 0.15) is 19.4 Å². The first-order valence-electron chi connectivity index (χ1n) is 6.59. The van der Waals surface area contributed by atoms with Gasteiger partial charge in [-0.1, -0.05) is 26.0 Å². The third kappa shape index (κ3) is 4.56. The number of hydrogen-bond acceptors (Lipinski definition) is 3. The van der Waals surface area contributed by atoms with Gasteiger partial charge in [0.05, 0.1) is 13.2 Å². The van der Waals surface area contributed by atoms with Crippen molar-refractivity contribution < 1.29 is 9.53 Å². The van der Waals surface area contributed by atoms with Crippen LogP contribution in [0.3, 0.4) is 0 Å². The van der Waals surface area contributed by atoms with Crippen molar-refractivity contribution in [2.24, 2.45) is 11.7 Å². The highest BCUT2D eigenvalue weighted by molar-refractivity contribution is 5.81. The first-order chi connectivity index (χ1) is 8.95. The maximum atomic E-state index is 12.0. The third-order valence-corrected chi connectivity index (χ3v) is 3.25. The van der Waals surface area contributed by atoms with E-state index in [1.54, 1.807) is 19.1 Å². The van der Waals surface area contributed by atoms with E-state index in [1.807, 2.05) is 38.1 Å². The van der Waals surface area contributed by atoms with Gasteiger partial charge in [0.25, 0.3) is 0 Å². The summed E-state index contributed by atoms with van der Waals surface area (Å²) in [6.07, 6.45) is 0.796. The lowest BCUT2D eigenvalue weighted by atomic mass is 10.0. The monoisotopic (exact) mass is 264 g/mol. The van der Waals surface area contributed by atoms with Crippen molar-refractivity contribution in [1.82, 2.24) is 4.90 Å². The van der Waals surface area contributed by atoms with Gasteiger partial charge in [-0.15, -0.1) is 0 Å². The number of hydrogen-bond donors (Lipinski definition) is 1. The van der Waals surface area contributed by atoms with E-state index in [9.17, 15) is 4.79 Å². The zero-order valence-corrected chi connectivity index (χ0v) is 12.2. The predicted octanol–water partition coefficient (Wildman–Crippen LogP) is 1.68. The van der Waals surface area contributed by atoms with Crippen LogP contribution in [-0.4, -0.2) is 37.6 Å². The van der Waals surface area contributed by atoms with Crippen LogP contribution in [0.25, 0.3) is 0 Å². The Morgan fingerprint density at radius 3 is 2.68 bits per heavy atom. The molecular weight excluding hydrogens is 240 g/mol. The molecule has 0 aliphatic heterocycles. The Bertz CT molecular complexity index is 418. The Morgan fingerprint density at radius 2 is 2.11 bits per heavy atom. The van der Waals surface area contributed by atoms with Crippen LogP contribution in [0.5, 0.6) is 5.75 Å². The summed E-state index contributed by atoms with van der Waals surface area (Å²) < 4.78 is 5.18. The van der Waals surface area contributed by atoms with Crippen molar-refractivity contribution in [2.75, 3.05) is 20.7 Å². The Kier molecular flexibility index (Phi) is 5.83. The van der Waals surface area contributed by atoms with E-state index in [4.69, 9.17) is 10.5 Å². The van der Waals surface area contributed by atoms with Gasteiger partial charge >= 0.3 is 0 Å². The second kappa shape index (κ2) is 7.14. The molecule has 1 atom stereocenters. The lowest BCUT2D eigenvalue weighted by Crippen LogP contribution is -2.45. The number of likely N-dealkylation sites (N-methyl/N-ethyl adjacent to an activating group) is 1. The largest absolute Gasteiger partial charge is 0.497 e. The van der Waals surface area contributed by atoms with E-state index in [0.29, 0.717) is 6.54 Å². The smallest absolute Gasteiger partial charge is 0.239 e. The number of amides is 1. The molecule has 0 aromatic heterocycles. The summed E-state index contributed by atoms with van der Waals surface area (Å²) in [5, 5.41) is 0. The molecule has 0 saturated heterocycles. The average molecular weight is 264 g/mol. The minimum atomic E-state index is -0.421. The van der Waals surface area contributed by atoms with E-state index in [2.05, 4.69) is 0 Å². The van der Waals surface area contributed by atoms with Crippen LogP contribution in [-0.2, 0) is 11.2 Å². The summed E-state index contributed by atoms with van der Waals surface area (Å²) in [7, 11) is 3.45. The van der Waals surface area contributed by atoms with Crippen molar-refractivity contribution in [3.05, 3.63) is 29.8 Å². The van der Waals surface area contributed by atoms with Gasteiger partial charge in [-0.05, 0) is 30.0 Å². The molecule has 4 heteroatoms. The number of carbonyl (C=O) groups excluding carboxylic acids is 1. The highest BCUT2D eigenvalue weighted by atomic mass is 16.5. The Morgan fingerprint density at radius 1 is 1.42 bits per heavy atom. The van der Waals surface area contributed by atoms with Gasteiger partial charge in [0, 0.05) is 13.6 Å². The molecular formula is C15H24N2O2. The molecule has 0 bridgehead atoms. The van der Waals surface area contributed by atoms with Gasteiger partial charge in [0.1, 0.15) is 5.75 Å². The van der Waals surface area contributed by atoms with E-state index < -0.39 is 6.04 Å². The van der Waals surface area contributed by atoms with Crippen molar-refractivity contribution in [3.8, 4) is 5.75 Å². The second-order valence-corrected chi connectivity index (χ2v) is 5.13. The minimum absolute atomic E-state index is 0.00195. The zero-order chi connectivity index (χ0) is 14.4. The van der Waals surface area contributed by atoms with Crippen LogP contribution in [0.2, 0.25) is 0 Å². The number of rotatable bonds is 6. The highest BCUT2D eigenvalue weighted by Crippen LogP contribution is 2.13. The Hall–Kier alpha value is -1.55. The van der Waals surface area contributed by atoms with Gasteiger partial charge in [-0.2, -0.15) is 0 Å². The topological polar surface area (TPSA) is 55.6 Å². The van der Waals surface area contributed by atoms with Crippen molar-refractivity contribution in [3.63, 3.8) is 0 Å². The summed E-state index contributed by atoms with van der Waals surface area (Å²) in [5.41, 5.74) is 7.01. The fraction of sp³-hybridized carbons (Fsp3) is 0.533. The second-order valence-electron chi connectivity index (χ2n) is 5.13. The molecule has 0 fully saturated rings. The molecule has 2 N–H and O–H groups in total. The lowest BCUT2D eigenvalue weighted by Gasteiger charge is -2.23. The number of ether oxygens (including phenoxy) is 1. The molecule has 1 aromatic rings. The molecule has 0 aliphatic rings. The fourth-order valence-electron chi connectivity index (χ4n) is 1.77. The number of nitrogens with zero attached hydrogens (tertiary/aromatic N) is 1. The zero-order valence-electron chi connectivity index (χ0n) is 12.2. The Labute approximate surface area is 115 Å². The maximum absolute atomic E-state index is 12.0. The molecule has 0 saturated carbocycles. The van der Waals surface area contributed by atoms with E-state index in [-0.39, 0.29) is 11.8 Å². The minimum Gasteiger partial charge on any atom is -0.497 e. The molecule has 1 unspecified atom stereocenters.